The first-order valence-electron chi connectivity index (χ1n) is 12.2. The normalized spacial score (nSPS) is 12.7. The molecule has 0 saturated carbocycles. The molecule has 4 N–H and O–H groups in total. The van der Waals surface area contributed by atoms with E-state index < -0.39 is 24.0 Å². The molecular weight excluding hydrogens is 480 g/mol. The van der Waals surface area contributed by atoms with Gasteiger partial charge >= 0.3 is 12.1 Å². The van der Waals surface area contributed by atoms with Crippen LogP contribution < -0.4 is 11.1 Å². The van der Waals surface area contributed by atoms with Crippen LogP contribution in [0.3, 0.4) is 0 Å². The number of alkyl carbamates (subject to hydrolysis) is 1. The van der Waals surface area contributed by atoms with Crippen LogP contribution in [0.4, 0.5) is 4.79 Å². The molecule has 4 aromatic rings. The van der Waals surface area contributed by atoms with Crippen LogP contribution in [0.15, 0.2) is 97.1 Å². The third-order valence-electron chi connectivity index (χ3n) is 6.83. The van der Waals surface area contributed by atoms with E-state index in [9.17, 15) is 19.5 Å². The van der Waals surface area contributed by atoms with Gasteiger partial charge in [0.25, 0.3) is 0 Å². The number of carbonyl (C=O) groups is 3. The van der Waals surface area contributed by atoms with E-state index in [-0.39, 0.29) is 18.9 Å². The number of carboxylic acids is 1. The van der Waals surface area contributed by atoms with Gasteiger partial charge in [0.1, 0.15) is 12.6 Å². The van der Waals surface area contributed by atoms with E-state index in [1.54, 1.807) is 24.3 Å². The summed E-state index contributed by atoms with van der Waals surface area (Å²) < 4.78 is 5.52. The number of aliphatic carboxylic acids is 1. The highest BCUT2D eigenvalue weighted by Gasteiger charge is 2.29. The number of benzene rings is 4. The Labute approximate surface area is 219 Å². The van der Waals surface area contributed by atoms with Crippen LogP contribution in [-0.2, 0) is 16.0 Å². The molecule has 0 saturated heterocycles. The smallest absolute Gasteiger partial charge is 0.407 e. The molecular formula is C31H26N2O5. The number of ether oxygens (including phenoxy) is 1. The Bertz CT molecular complexity index is 1450. The van der Waals surface area contributed by atoms with Crippen molar-refractivity contribution in [2.24, 2.45) is 5.73 Å². The van der Waals surface area contributed by atoms with Gasteiger partial charge in [0, 0.05) is 17.9 Å². The van der Waals surface area contributed by atoms with E-state index in [4.69, 9.17) is 10.5 Å². The standard InChI is InChI=1S/C31H26N2O5/c32-29(34)22-15-13-21(14-16-22)20-11-9-19(10-12-20)17-28(30(35)36)33-31(37)38-18-27-25-7-3-1-5-23(25)24-6-2-4-8-26(24)27/h1-16,27-28H,17-18H2,(H2,32,34)(H,33,37)(H,35,36)/t28-/m1/s1. The molecule has 0 aliphatic heterocycles. The first-order chi connectivity index (χ1) is 18.4. The van der Waals surface area contributed by atoms with Crippen LogP contribution >= 0.6 is 0 Å². The third kappa shape index (κ3) is 5.13. The Morgan fingerprint density at radius 1 is 0.789 bits per heavy atom. The topological polar surface area (TPSA) is 119 Å². The van der Waals surface area contributed by atoms with Crippen LogP contribution in [0.25, 0.3) is 22.3 Å². The van der Waals surface area contributed by atoms with Gasteiger partial charge in [-0.25, -0.2) is 9.59 Å². The average Bonchev–Trinajstić information content (AvgIpc) is 3.25. The fourth-order valence-corrected chi connectivity index (χ4v) is 4.88. The molecule has 0 heterocycles. The maximum atomic E-state index is 12.6. The summed E-state index contributed by atoms with van der Waals surface area (Å²) in [7, 11) is 0. The number of rotatable bonds is 8. The predicted molar refractivity (Wildman–Crippen MR) is 144 cm³/mol. The lowest BCUT2D eigenvalue weighted by Gasteiger charge is -2.17. The lowest BCUT2D eigenvalue weighted by atomic mass is 9.98. The summed E-state index contributed by atoms with van der Waals surface area (Å²) in [5.74, 6) is -1.75. The molecule has 0 fully saturated rings. The van der Waals surface area contributed by atoms with Crippen molar-refractivity contribution in [2.45, 2.75) is 18.4 Å². The summed E-state index contributed by atoms with van der Waals surface area (Å²) >= 11 is 0. The first-order valence-corrected chi connectivity index (χ1v) is 12.2. The summed E-state index contributed by atoms with van der Waals surface area (Å²) in [4.78, 5) is 35.8. The number of hydrogen-bond acceptors (Lipinski definition) is 4. The Morgan fingerprint density at radius 3 is 1.84 bits per heavy atom. The number of carboxylic acid groups (broad SMARTS) is 1. The van der Waals surface area contributed by atoms with E-state index in [0.29, 0.717) is 5.56 Å². The van der Waals surface area contributed by atoms with Crippen LogP contribution in [0, 0.1) is 0 Å². The molecule has 1 atom stereocenters. The van der Waals surface area contributed by atoms with E-state index in [1.165, 1.54) is 0 Å². The second-order valence-electron chi connectivity index (χ2n) is 9.20. The second-order valence-corrected chi connectivity index (χ2v) is 9.20. The summed E-state index contributed by atoms with van der Waals surface area (Å²) in [5.41, 5.74) is 12.7. The van der Waals surface area contributed by atoms with Crippen molar-refractivity contribution in [1.82, 2.24) is 5.32 Å². The van der Waals surface area contributed by atoms with Crippen molar-refractivity contribution in [3.05, 3.63) is 119 Å². The van der Waals surface area contributed by atoms with E-state index in [2.05, 4.69) is 17.4 Å². The number of hydrogen-bond donors (Lipinski definition) is 3. The van der Waals surface area contributed by atoms with Gasteiger partial charge in [0.2, 0.25) is 5.91 Å². The third-order valence-corrected chi connectivity index (χ3v) is 6.83. The van der Waals surface area contributed by atoms with Gasteiger partial charge in [0.15, 0.2) is 0 Å². The van der Waals surface area contributed by atoms with Gasteiger partial charge in [-0.15, -0.1) is 0 Å². The minimum atomic E-state index is -1.15. The zero-order valence-electron chi connectivity index (χ0n) is 20.5. The van der Waals surface area contributed by atoms with Crippen LogP contribution in [0.1, 0.15) is 33.0 Å². The first kappa shape index (κ1) is 24.8. The highest BCUT2D eigenvalue weighted by Crippen LogP contribution is 2.44. The lowest BCUT2D eigenvalue weighted by Crippen LogP contribution is -2.42. The number of nitrogens with one attached hydrogen (secondary N) is 1. The maximum Gasteiger partial charge on any atom is 0.407 e. The van der Waals surface area contributed by atoms with E-state index in [1.807, 2.05) is 60.7 Å². The van der Waals surface area contributed by atoms with Crippen molar-refractivity contribution >= 4 is 18.0 Å². The predicted octanol–water partition coefficient (Wildman–Crippen LogP) is 4.99. The maximum absolute atomic E-state index is 12.6. The Morgan fingerprint density at radius 2 is 1.32 bits per heavy atom. The molecule has 0 bridgehead atoms. The Kier molecular flexibility index (Phi) is 6.91. The average molecular weight is 507 g/mol. The molecule has 7 nitrogen and oxygen atoms in total. The zero-order valence-corrected chi connectivity index (χ0v) is 20.5. The molecule has 0 aromatic heterocycles. The molecule has 38 heavy (non-hydrogen) atoms. The molecule has 0 spiro atoms. The Balaban J connectivity index is 1.21. The molecule has 7 heteroatoms. The summed E-state index contributed by atoms with van der Waals surface area (Å²) in [5, 5.41) is 12.2. The number of primary amides is 1. The minimum Gasteiger partial charge on any atom is -0.480 e. The summed E-state index contributed by atoms with van der Waals surface area (Å²) in [6.45, 7) is 0.107. The molecule has 190 valence electrons. The van der Waals surface area contributed by atoms with E-state index >= 15 is 0 Å². The van der Waals surface area contributed by atoms with Crippen molar-refractivity contribution in [3.63, 3.8) is 0 Å². The van der Waals surface area contributed by atoms with E-state index in [0.717, 1.165) is 38.9 Å². The number of carbonyl (C=O) groups excluding carboxylic acids is 2. The molecule has 0 unspecified atom stereocenters. The van der Waals surface area contributed by atoms with Gasteiger partial charge in [-0.3, -0.25) is 4.79 Å². The number of amides is 2. The second kappa shape index (κ2) is 10.6. The molecule has 5 rings (SSSR count). The highest BCUT2D eigenvalue weighted by molar-refractivity contribution is 5.93. The molecule has 4 aromatic carbocycles. The molecule has 1 aliphatic rings. The minimum absolute atomic E-state index is 0.0976. The zero-order chi connectivity index (χ0) is 26.6. The van der Waals surface area contributed by atoms with Crippen molar-refractivity contribution in [3.8, 4) is 22.3 Å². The van der Waals surface area contributed by atoms with Gasteiger partial charge in [-0.1, -0.05) is 84.9 Å². The van der Waals surface area contributed by atoms with Gasteiger partial charge in [-0.05, 0) is 51.1 Å². The van der Waals surface area contributed by atoms with Gasteiger partial charge in [0.05, 0.1) is 0 Å². The quantitative estimate of drug-likeness (QED) is 0.311. The Hall–Kier alpha value is -4.91. The summed E-state index contributed by atoms with van der Waals surface area (Å²) in [6, 6.07) is 29.1. The number of nitrogens with two attached hydrogens (primary N) is 1. The largest absolute Gasteiger partial charge is 0.480 e. The molecule has 2 amide bonds. The molecule has 1 aliphatic carbocycles. The monoisotopic (exact) mass is 506 g/mol. The van der Waals surface area contributed by atoms with Crippen molar-refractivity contribution in [1.29, 1.82) is 0 Å². The highest BCUT2D eigenvalue weighted by atomic mass is 16.5. The summed E-state index contributed by atoms with van der Waals surface area (Å²) in [6.07, 6.45) is -0.675. The SMILES string of the molecule is NC(=O)c1ccc(-c2ccc(C[C@@H](NC(=O)OCC3c4ccccc4-c4ccccc43)C(=O)O)cc2)cc1. The van der Waals surface area contributed by atoms with Gasteiger partial charge in [-0.2, -0.15) is 0 Å². The van der Waals surface area contributed by atoms with Crippen molar-refractivity contribution in [2.75, 3.05) is 6.61 Å². The fraction of sp³-hybridized carbons (Fsp3) is 0.129. The lowest BCUT2D eigenvalue weighted by molar-refractivity contribution is -0.139. The van der Waals surface area contributed by atoms with Crippen LogP contribution in [-0.4, -0.2) is 35.7 Å². The van der Waals surface area contributed by atoms with Crippen LogP contribution in [0.5, 0.6) is 0 Å². The number of fused-ring (bicyclic) bond motifs is 3. The van der Waals surface area contributed by atoms with Crippen molar-refractivity contribution < 1.29 is 24.2 Å². The molecule has 0 radical (unpaired) electrons. The van der Waals surface area contributed by atoms with Gasteiger partial charge < -0.3 is 20.9 Å². The van der Waals surface area contributed by atoms with Crippen LogP contribution in [0.2, 0.25) is 0 Å². The fourth-order valence-electron chi connectivity index (χ4n) is 4.88.